The van der Waals surface area contributed by atoms with Gasteiger partial charge < -0.3 is 4.74 Å². The zero-order valence-electron chi connectivity index (χ0n) is 16.6. The van der Waals surface area contributed by atoms with Crippen LogP contribution in [0.1, 0.15) is 54.7 Å². The Morgan fingerprint density at radius 2 is 1.73 bits per heavy atom. The molecule has 0 N–H and O–H groups in total. The van der Waals surface area contributed by atoms with Gasteiger partial charge in [0.05, 0.1) is 12.8 Å². The summed E-state index contributed by atoms with van der Waals surface area (Å²) in [6.45, 7) is 0. The summed E-state index contributed by atoms with van der Waals surface area (Å²) in [4.78, 5) is 17.3. The highest BCUT2D eigenvalue weighted by atomic mass is 19.4. The van der Waals surface area contributed by atoms with E-state index in [-0.39, 0.29) is 28.7 Å². The van der Waals surface area contributed by atoms with Gasteiger partial charge in [-0.15, -0.1) is 0 Å². The van der Waals surface area contributed by atoms with Gasteiger partial charge in [0.15, 0.2) is 17.1 Å². The number of fused-ring (bicyclic) bond motifs is 1. The number of ether oxygens (including phenoxy) is 1. The van der Waals surface area contributed by atoms with E-state index < -0.39 is 11.9 Å². The van der Waals surface area contributed by atoms with Crippen molar-refractivity contribution in [2.45, 2.75) is 44.7 Å². The van der Waals surface area contributed by atoms with Crippen LogP contribution in [0.15, 0.2) is 36.4 Å². The molecule has 0 saturated heterocycles. The van der Waals surface area contributed by atoms with Crippen molar-refractivity contribution >= 4 is 11.4 Å². The van der Waals surface area contributed by atoms with E-state index in [0.717, 1.165) is 49.1 Å². The predicted molar refractivity (Wildman–Crippen MR) is 105 cm³/mol. The number of hydrogen-bond acceptors (Lipinski definition) is 4. The van der Waals surface area contributed by atoms with Crippen LogP contribution in [0, 0.1) is 5.92 Å². The minimum atomic E-state index is -4.64. The summed E-state index contributed by atoms with van der Waals surface area (Å²) in [6, 6.07) is 8.94. The molecule has 4 rings (SSSR count). The third-order valence-electron chi connectivity index (χ3n) is 5.58. The number of alkyl halides is 3. The van der Waals surface area contributed by atoms with Crippen LogP contribution in [0.4, 0.5) is 13.2 Å². The number of halogens is 3. The highest BCUT2D eigenvalue weighted by molar-refractivity contribution is 5.97. The highest BCUT2D eigenvalue weighted by Crippen LogP contribution is 2.33. The minimum absolute atomic E-state index is 0.00705. The van der Waals surface area contributed by atoms with Crippen LogP contribution in [-0.2, 0) is 6.18 Å². The lowest BCUT2D eigenvalue weighted by Crippen LogP contribution is -2.16. The smallest absolute Gasteiger partial charge is 0.433 e. The molecule has 1 aliphatic carbocycles. The van der Waals surface area contributed by atoms with Gasteiger partial charge >= 0.3 is 6.18 Å². The quantitative estimate of drug-likeness (QED) is 0.411. The second-order valence-electron chi connectivity index (χ2n) is 7.61. The van der Waals surface area contributed by atoms with Crippen LogP contribution in [0.25, 0.3) is 16.9 Å². The Balaban J connectivity index is 1.78. The Bertz CT molecular complexity index is 1050. The first kappa shape index (κ1) is 20.4. The molecule has 30 heavy (non-hydrogen) atoms. The molecule has 0 bridgehead atoms. The fourth-order valence-corrected chi connectivity index (χ4v) is 3.96. The van der Waals surface area contributed by atoms with Crippen LogP contribution in [0.5, 0.6) is 5.75 Å². The molecule has 0 unspecified atom stereocenters. The van der Waals surface area contributed by atoms with Gasteiger partial charge in [0, 0.05) is 17.5 Å². The van der Waals surface area contributed by atoms with E-state index in [0.29, 0.717) is 11.3 Å². The second-order valence-corrected chi connectivity index (χ2v) is 7.61. The van der Waals surface area contributed by atoms with Gasteiger partial charge in [-0.3, -0.25) is 4.79 Å². The highest BCUT2D eigenvalue weighted by Gasteiger charge is 2.36. The number of Topliss-reactive ketones (excluding diaryl/α,β-unsaturated/α-hetero) is 1. The number of carbonyl (C=O) groups excluding carboxylic acids is 1. The molecule has 0 spiro atoms. The zero-order valence-corrected chi connectivity index (χ0v) is 16.6. The molecule has 1 saturated carbocycles. The van der Waals surface area contributed by atoms with E-state index in [1.807, 2.05) is 0 Å². The summed E-state index contributed by atoms with van der Waals surface area (Å²) >= 11 is 0. The van der Waals surface area contributed by atoms with Gasteiger partial charge in [0.2, 0.25) is 0 Å². The topological polar surface area (TPSA) is 56.5 Å². The number of carbonyl (C=O) groups is 1. The predicted octanol–water partition coefficient (Wildman–Crippen LogP) is 5.58. The van der Waals surface area contributed by atoms with Crippen molar-refractivity contribution in [1.29, 1.82) is 0 Å². The number of nitrogens with zero attached hydrogens (tertiary/aromatic N) is 3. The molecule has 0 aliphatic heterocycles. The molecule has 3 aromatic rings. The van der Waals surface area contributed by atoms with E-state index in [9.17, 15) is 18.0 Å². The number of benzene rings is 1. The molecule has 0 radical (unpaired) electrons. The first-order valence-electron chi connectivity index (χ1n) is 10.0. The Kier molecular flexibility index (Phi) is 5.49. The van der Waals surface area contributed by atoms with Crippen LogP contribution in [0.2, 0.25) is 0 Å². The second kappa shape index (κ2) is 8.08. The number of hydrogen-bond donors (Lipinski definition) is 0. The number of methoxy groups -OCH3 is 1. The van der Waals surface area contributed by atoms with Gasteiger partial charge in [0.25, 0.3) is 0 Å². The van der Waals surface area contributed by atoms with Crippen LogP contribution < -0.4 is 4.74 Å². The molecule has 1 fully saturated rings. The molecule has 0 atom stereocenters. The zero-order chi connectivity index (χ0) is 21.3. The number of ketones is 1. The summed E-state index contributed by atoms with van der Waals surface area (Å²) < 4.78 is 47.1. The molecule has 1 aromatic carbocycles. The average Bonchev–Trinajstić information content (AvgIpc) is 2.97. The van der Waals surface area contributed by atoms with Crippen LogP contribution >= 0.6 is 0 Å². The molecule has 1 aliphatic rings. The standard InChI is InChI=1S/C22H22F3N3O2/c1-30-16-10-8-14(9-11-16)17-12-19(22(23,24)25)28-20(26-17)13-18(27-28)21(29)15-6-4-2-3-5-7-15/h8-13,15H,2-7H2,1H3. The SMILES string of the molecule is COc1ccc(-c2cc(C(F)(F)F)n3nc(C(=O)C4CCCCCC4)cc3n2)cc1. The lowest BCUT2D eigenvalue weighted by atomic mass is 9.94. The Hall–Kier alpha value is -2.90. The molecular weight excluding hydrogens is 395 g/mol. The van der Waals surface area contributed by atoms with Gasteiger partial charge in [-0.25, -0.2) is 9.50 Å². The third kappa shape index (κ3) is 4.04. The summed E-state index contributed by atoms with van der Waals surface area (Å²) in [5.41, 5.74) is -0.231. The van der Waals surface area contributed by atoms with Crippen molar-refractivity contribution < 1.29 is 22.7 Å². The largest absolute Gasteiger partial charge is 0.497 e. The normalized spacial score (nSPS) is 15.9. The number of aromatic nitrogens is 3. The van der Waals surface area contributed by atoms with Crippen molar-refractivity contribution in [3.8, 4) is 17.0 Å². The Morgan fingerprint density at radius 1 is 1.07 bits per heavy atom. The van der Waals surface area contributed by atoms with Crippen molar-refractivity contribution in [3.63, 3.8) is 0 Å². The van der Waals surface area contributed by atoms with E-state index >= 15 is 0 Å². The van der Waals surface area contributed by atoms with Crippen molar-refractivity contribution in [3.05, 3.63) is 47.8 Å². The summed E-state index contributed by atoms with van der Waals surface area (Å²) in [5.74, 6) is 0.214. The van der Waals surface area contributed by atoms with Gasteiger partial charge in [-0.2, -0.15) is 18.3 Å². The maximum Gasteiger partial charge on any atom is 0.433 e. The van der Waals surface area contributed by atoms with Crippen LogP contribution in [0.3, 0.4) is 0 Å². The maximum absolute atomic E-state index is 13.8. The molecule has 8 heteroatoms. The van der Waals surface area contributed by atoms with Gasteiger partial charge in [-0.1, -0.05) is 25.7 Å². The van der Waals surface area contributed by atoms with E-state index in [1.54, 1.807) is 24.3 Å². The van der Waals surface area contributed by atoms with Crippen molar-refractivity contribution in [1.82, 2.24) is 14.6 Å². The average molecular weight is 417 g/mol. The fraction of sp³-hybridized carbons (Fsp3) is 0.409. The Labute approximate surface area is 171 Å². The van der Waals surface area contributed by atoms with E-state index in [4.69, 9.17) is 4.74 Å². The summed E-state index contributed by atoms with van der Waals surface area (Å²) in [7, 11) is 1.51. The van der Waals surface area contributed by atoms with Crippen LogP contribution in [-0.4, -0.2) is 27.5 Å². The summed E-state index contributed by atoms with van der Waals surface area (Å²) in [5, 5.41) is 4.01. The first-order valence-corrected chi connectivity index (χ1v) is 10.0. The van der Waals surface area contributed by atoms with Crippen molar-refractivity contribution in [2.24, 2.45) is 5.92 Å². The minimum Gasteiger partial charge on any atom is -0.497 e. The van der Waals surface area contributed by atoms with Gasteiger partial charge in [0.1, 0.15) is 11.4 Å². The molecule has 158 valence electrons. The molecule has 0 amide bonds. The maximum atomic E-state index is 13.8. The van der Waals surface area contributed by atoms with Crippen molar-refractivity contribution in [2.75, 3.05) is 7.11 Å². The summed E-state index contributed by atoms with van der Waals surface area (Å²) in [6.07, 6.45) is 0.943. The van der Waals surface area contributed by atoms with E-state index in [1.165, 1.54) is 13.2 Å². The lowest BCUT2D eigenvalue weighted by molar-refractivity contribution is -0.142. The Morgan fingerprint density at radius 3 is 2.33 bits per heavy atom. The molecule has 2 aromatic heterocycles. The molecule has 2 heterocycles. The van der Waals surface area contributed by atoms with E-state index in [2.05, 4.69) is 10.1 Å². The number of rotatable bonds is 4. The fourth-order valence-electron chi connectivity index (χ4n) is 3.96. The third-order valence-corrected chi connectivity index (χ3v) is 5.58. The lowest BCUT2D eigenvalue weighted by Gasteiger charge is -2.11. The monoisotopic (exact) mass is 417 g/mol. The molecule has 5 nitrogen and oxygen atoms in total. The molecular formula is C22H22F3N3O2. The van der Waals surface area contributed by atoms with Gasteiger partial charge in [-0.05, 0) is 43.2 Å². The first-order chi connectivity index (χ1) is 14.4.